The maximum Gasteiger partial charge on any atom is 0.138 e. The Morgan fingerprint density at radius 2 is 1.40 bits per heavy atom. The molecule has 5 heavy (non-hydrogen) atoms. The summed E-state index contributed by atoms with van der Waals surface area (Å²) in [6.45, 7) is 0. The van der Waals surface area contributed by atoms with Crippen LogP contribution in [0.3, 0.4) is 0 Å². The molecular weight excluding hydrogens is 74.0 g/mol. The number of hydrogen-bond acceptors (Lipinski definition) is 0. The molecule has 0 aromatic carbocycles. The second kappa shape index (κ2) is 0.671. The van der Waals surface area contributed by atoms with Gasteiger partial charge in [0.25, 0.3) is 0 Å². The summed E-state index contributed by atoms with van der Waals surface area (Å²) in [5, 5.41) is 0. The molecule has 0 aliphatic heterocycles. The van der Waals surface area contributed by atoms with E-state index in [0.29, 0.717) is 0 Å². The molecule has 1 rings (SSSR count). The number of alkyl halides is 2. The number of hydrogen-bond donors (Lipinski definition) is 0. The van der Waals surface area contributed by atoms with E-state index in [1.54, 1.807) is 0 Å². The van der Waals surface area contributed by atoms with Gasteiger partial charge in [0.2, 0.25) is 0 Å². The van der Waals surface area contributed by atoms with E-state index in [2.05, 4.69) is 0 Å². The predicted octanol–water partition coefficient (Wildman–Crippen LogP) is 0.880. The molecule has 0 bridgehead atoms. The van der Waals surface area contributed by atoms with Gasteiger partial charge in [-0.3, -0.25) is 0 Å². The molecule has 0 aromatic rings. The minimum atomic E-state index is -1.24. The van der Waals surface area contributed by atoms with Crippen LogP contribution >= 0.6 is 0 Å². The Morgan fingerprint density at radius 3 is 1.40 bits per heavy atom. The smallest absolute Gasteiger partial charge is 0.138 e. The third-order valence-corrected chi connectivity index (χ3v) is 0.531. The van der Waals surface area contributed by atoms with E-state index in [1.165, 1.54) is 0 Å². The van der Waals surface area contributed by atoms with Gasteiger partial charge in [-0.15, -0.1) is 0 Å². The molecule has 0 aromatic heterocycles. The molecule has 2 unspecified atom stereocenters. The maximum atomic E-state index is 11.1. The van der Waals surface area contributed by atoms with E-state index in [4.69, 9.17) is 0 Å². The lowest BCUT2D eigenvalue weighted by Crippen LogP contribution is -1.68. The third kappa shape index (κ3) is 0.389. The Kier molecular flexibility index (Phi) is 0.411. The molecule has 0 saturated heterocycles. The van der Waals surface area contributed by atoms with Gasteiger partial charge in [0, 0.05) is 6.42 Å². The first-order valence-corrected chi connectivity index (χ1v) is 1.44. The first-order chi connectivity index (χ1) is 2.30. The molecule has 1 radical (unpaired) electrons. The van der Waals surface area contributed by atoms with Gasteiger partial charge in [0.15, 0.2) is 0 Å². The summed E-state index contributed by atoms with van der Waals surface area (Å²) < 4.78 is 22.1. The Balaban J connectivity index is 2.20. The van der Waals surface area contributed by atoms with E-state index in [0.717, 1.165) is 6.42 Å². The van der Waals surface area contributed by atoms with Crippen LogP contribution in [0.25, 0.3) is 0 Å². The molecule has 1 aliphatic carbocycles. The average Bonchev–Trinajstić information content (AvgIpc) is 1.79. The molecule has 2 atom stereocenters. The van der Waals surface area contributed by atoms with E-state index >= 15 is 0 Å². The zero-order valence-electron chi connectivity index (χ0n) is 2.49. The number of halogens is 2. The highest BCUT2D eigenvalue weighted by molar-refractivity contribution is 5.08. The SMILES string of the molecule is FC1[CH]C1F. The molecular formula is C3H3F2. The van der Waals surface area contributed by atoms with Crippen LogP contribution in [0.4, 0.5) is 8.78 Å². The lowest BCUT2D eigenvalue weighted by atomic mass is 10.9. The molecule has 1 aliphatic rings. The van der Waals surface area contributed by atoms with Crippen LogP contribution in [0.1, 0.15) is 0 Å². The van der Waals surface area contributed by atoms with Crippen molar-refractivity contribution in [3.63, 3.8) is 0 Å². The highest BCUT2D eigenvalue weighted by Crippen LogP contribution is 2.26. The van der Waals surface area contributed by atoms with Crippen LogP contribution < -0.4 is 0 Å². The van der Waals surface area contributed by atoms with Crippen LogP contribution in [0, 0.1) is 6.42 Å². The van der Waals surface area contributed by atoms with Gasteiger partial charge in [-0.2, -0.15) is 0 Å². The fraction of sp³-hybridized carbons (Fsp3) is 0.667. The molecule has 0 amide bonds. The highest BCUT2D eigenvalue weighted by Gasteiger charge is 2.38. The number of rotatable bonds is 0. The Bertz CT molecular complexity index is 38.2. The van der Waals surface area contributed by atoms with Gasteiger partial charge in [-0.1, -0.05) is 0 Å². The maximum absolute atomic E-state index is 11.1. The standard InChI is InChI=1S/C3H3F2/c4-2-1-3(2)5/h1-3H. The van der Waals surface area contributed by atoms with E-state index in [1.807, 2.05) is 0 Å². The van der Waals surface area contributed by atoms with Crippen molar-refractivity contribution in [1.29, 1.82) is 0 Å². The fourth-order valence-electron chi connectivity index (χ4n) is 0.111. The van der Waals surface area contributed by atoms with Crippen LogP contribution in [0.5, 0.6) is 0 Å². The normalized spacial score (nSPS) is 49.2. The molecule has 0 nitrogen and oxygen atoms in total. The van der Waals surface area contributed by atoms with Crippen molar-refractivity contribution in [2.45, 2.75) is 12.3 Å². The molecule has 29 valence electrons. The summed E-state index contributed by atoms with van der Waals surface area (Å²) >= 11 is 0. The van der Waals surface area contributed by atoms with Crippen LogP contribution in [-0.2, 0) is 0 Å². The van der Waals surface area contributed by atoms with E-state index in [-0.39, 0.29) is 0 Å². The van der Waals surface area contributed by atoms with Gasteiger partial charge >= 0.3 is 0 Å². The quantitative estimate of drug-likeness (QED) is 0.402. The summed E-state index contributed by atoms with van der Waals surface area (Å²) in [6, 6.07) is 0. The summed E-state index contributed by atoms with van der Waals surface area (Å²) in [6.07, 6.45) is -1.48. The van der Waals surface area contributed by atoms with E-state index in [9.17, 15) is 8.78 Å². The van der Waals surface area contributed by atoms with Crippen LogP contribution in [-0.4, -0.2) is 12.3 Å². The first kappa shape index (κ1) is 3.07. The zero-order valence-corrected chi connectivity index (χ0v) is 2.49. The van der Waals surface area contributed by atoms with Gasteiger partial charge in [-0.25, -0.2) is 8.78 Å². The Hall–Kier alpha value is -0.140. The largest absolute Gasteiger partial charge is 0.244 e. The van der Waals surface area contributed by atoms with Gasteiger partial charge in [0.05, 0.1) is 0 Å². The summed E-state index contributed by atoms with van der Waals surface area (Å²) in [7, 11) is 0. The Labute approximate surface area is 28.8 Å². The minimum absolute atomic E-state index is 1.00. The zero-order chi connectivity index (χ0) is 3.86. The van der Waals surface area contributed by atoms with Crippen molar-refractivity contribution in [1.82, 2.24) is 0 Å². The van der Waals surface area contributed by atoms with Crippen molar-refractivity contribution < 1.29 is 8.78 Å². The predicted molar refractivity (Wildman–Crippen MR) is 14.1 cm³/mol. The topological polar surface area (TPSA) is 0 Å². The molecule has 1 saturated carbocycles. The summed E-state index contributed by atoms with van der Waals surface area (Å²) in [5.74, 6) is 0. The lowest BCUT2D eigenvalue weighted by Gasteiger charge is -1.60. The molecule has 1 fully saturated rings. The van der Waals surface area contributed by atoms with Crippen molar-refractivity contribution in [2.24, 2.45) is 0 Å². The van der Waals surface area contributed by atoms with Crippen molar-refractivity contribution >= 4 is 0 Å². The minimum Gasteiger partial charge on any atom is -0.244 e. The van der Waals surface area contributed by atoms with Crippen molar-refractivity contribution in [3.05, 3.63) is 6.42 Å². The molecule has 2 heteroatoms. The Morgan fingerprint density at radius 1 is 1.20 bits per heavy atom. The molecule has 0 heterocycles. The second-order valence-electron chi connectivity index (χ2n) is 1.08. The monoisotopic (exact) mass is 77.0 g/mol. The van der Waals surface area contributed by atoms with Crippen molar-refractivity contribution in [3.8, 4) is 0 Å². The molecule has 0 N–H and O–H groups in total. The van der Waals surface area contributed by atoms with E-state index < -0.39 is 12.3 Å². The second-order valence-corrected chi connectivity index (χ2v) is 1.08. The average molecular weight is 77.1 g/mol. The summed E-state index contributed by atoms with van der Waals surface area (Å²) in [4.78, 5) is 0. The van der Waals surface area contributed by atoms with Gasteiger partial charge < -0.3 is 0 Å². The third-order valence-electron chi connectivity index (χ3n) is 0.531. The fourth-order valence-corrected chi connectivity index (χ4v) is 0.111. The van der Waals surface area contributed by atoms with Gasteiger partial charge in [-0.05, 0) is 0 Å². The van der Waals surface area contributed by atoms with Crippen molar-refractivity contribution in [2.75, 3.05) is 0 Å². The molecule has 0 spiro atoms. The first-order valence-electron chi connectivity index (χ1n) is 1.44. The highest BCUT2D eigenvalue weighted by atomic mass is 19.2. The summed E-state index contributed by atoms with van der Waals surface area (Å²) in [5.41, 5.74) is 0. The van der Waals surface area contributed by atoms with Crippen LogP contribution in [0.15, 0.2) is 0 Å². The lowest BCUT2D eigenvalue weighted by molar-refractivity contribution is 0.372. The van der Waals surface area contributed by atoms with Gasteiger partial charge in [0.1, 0.15) is 12.3 Å². The van der Waals surface area contributed by atoms with Crippen LogP contribution in [0.2, 0.25) is 0 Å².